The number of amides is 1. The van der Waals surface area contributed by atoms with Crippen LogP contribution in [-0.4, -0.2) is 18.9 Å². The van der Waals surface area contributed by atoms with Gasteiger partial charge in [-0.15, -0.1) is 0 Å². The van der Waals surface area contributed by atoms with Crippen molar-refractivity contribution in [2.24, 2.45) is 0 Å². The predicted octanol–water partition coefficient (Wildman–Crippen LogP) is 2.32. The average molecular weight is 295 g/mol. The van der Waals surface area contributed by atoms with Crippen molar-refractivity contribution in [2.75, 3.05) is 5.32 Å². The van der Waals surface area contributed by atoms with Crippen LogP contribution in [0, 0.1) is 5.82 Å². The first kappa shape index (κ1) is 14.2. The van der Waals surface area contributed by atoms with Crippen molar-refractivity contribution < 1.29 is 22.2 Å². The lowest BCUT2D eigenvalue weighted by Crippen LogP contribution is -2.16. The number of para-hydroxylation sites is 1. The molecule has 1 amide bonds. The van der Waals surface area contributed by atoms with Crippen molar-refractivity contribution in [1.82, 2.24) is 0 Å². The highest BCUT2D eigenvalue weighted by molar-refractivity contribution is 7.86. The highest BCUT2D eigenvalue weighted by atomic mass is 32.2. The number of carbonyl (C=O) groups excluding carboxylic acids is 1. The number of hydrogen-bond acceptors (Lipinski definition) is 3. The minimum atomic E-state index is -4.69. The summed E-state index contributed by atoms with van der Waals surface area (Å²) in [6.45, 7) is 0. The van der Waals surface area contributed by atoms with Crippen LogP contribution >= 0.6 is 0 Å². The van der Waals surface area contributed by atoms with Crippen LogP contribution in [-0.2, 0) is 10.1 Å². The van der Waals surface area contributed by atoms with Gasteiger partial charge in [-0.05, 0) is 30.3 Å². The Morgan fingerprint density at radius 3 is 2.35 bits per heavy atom. The zero-order valence-corrected chi connectivity index (χ0v) is 10.9. The number of nitrogens with one attached hydrogen (secondary N) is 1. The van der Waals surface area contributed by atoms with Crippen molar-refractivity contribution in [3.63, 3.8) is 0 Å². The molecular weight excluding hydrogens is 285 g/mol. The second kappa shape index (κ2) is 5.40. The lowest BCUT2D eigenvalue weighted by Gasteiger charge is -2.08. The quantitative estimate of drug-likeness (QED) is 0.851. The highest BCUT2D eigenvalue weighted by Gasteiger charge is 2.21. The smallest absolute Gasteiger partial charge is 0.295 e. The maximum atomic E-state index is 13.1. The van der Waals surface area contributed by atoms with Crippen molar-refractivity contribution >= 4 is 21.7 Å². The standard InChI is InChI=1S/C13H10FNO4S/c14-9-6-7-11(12(8-9)20(17,18)19)13(16)15-10-4-2-1-3-5-10/h1-8H,(H,15,16)(H,17,18,19). The third-order valence-electron chi connectivity index (χ3n) is 2.50. The molecule has 7 heteroatoms. The number of rotatable bonds is 3. The molecule has 20 heavy (non-hydrogen) atoms. The van der Waals surface area contributed by atoms with E-state index in [0.717, 1.165) is 12.1 Å². The molecule has 0 spiro atoms. The van der Waals surface area contributed by atoms with Gasteiger partial charge in [0.2, 0.25) is 0 Å². The number of halogens is 1. The topological polar surface area (TPSA) is 83.5 Å². The van der Waals surface area contributed by atoms with Crippen molar-refractivity contribution in [3.05, 3.63) is 59.9 Å². The largest absolute Gasteiger partial charge is 0.322 e. The summed E-state index contributed by atoms with van der Waals surface area (Å²) in [7, 11) is -4.69. The molecule has 0 saturated carbocycles. The van der Waals surface area contributed by atoms with Gasteiger partial charge in [0.1, 0.15) is 10.7 Å². The fourth-order valence-electron chi connectivity index (χ4n) is 1.62. The molecule has 0 aliphatic rings. The van der Waals surface area contributed by atoms with Crippen molar-refractivity contribution in [1.29, 1.82) is 0 Å². The second-order valence-corrected chi connectivity index (χ2v) is 5.33. The van der Waals surface area contributed by atoms with Gasteiger partial charge in [0.05, 0.1) is 5.56 Å². The monoisotopic (exact) mass is 295 g/mol. The Hall–Kier alpha value is -2.25. The molecular formula is C13H10FNO4S. The van der Waals surface area contributed by atoms with Crippen molar-refractivity contribution in [3.8, 4) is 0 Å². The molecule has 0 aliphatic heterocycles. The Balaban J connectivity index is 2.40. The molecule has 5 nitrogen and oxygen atoms in total. The summed E-state index contributed by atoms with van der Waals surface area (Å²) in [5.74, 6) is -1.63. The van der Waals surface area contributed by atoms with Crippen LogP contribution in [0.4, 0.5) is 10.1 Å². The van der Waals surface area contributed by atoms with Gasteiger partial charge >= 0.3 is 0 Å². The number of carbonyl (C=O) groups is 1. The fraction of sp³-hybridized carbons (Fsp3) is 0. The Morgan fingerprint density at radius 2 is 1.75 bits per heavy atom. The molecule has 2 N–H and O–H groups in total. The van der Waals surface area contributed by atoms with E-state index in [1.807, 2.05) is 0 Å². The summed E-state index contributed by atoms with van der Waals surface area (Å²) in [5.41, 5.74) is 0.112. The molecule has 0 bridgehead atoms. The van der Waals surface area contributed by atoms with Gasteiger partial charge in [-0.25, -0.2) is 4.39 Å². The third kappa shape index (κ3) is 3.19. The maximum Gasteiger partial charge on any atom is 0.295 e. The number of benzene rings is 2. The van der Waals surface area contributed by atoms with Gasteiger partial charge in [-0.3, -0.25) is 9.35 Å². The molecule has 0 fully saturated rings. The first-order chi connectivity index (χ1) is 9.38. The van der Waals surface area contributed by atoms with E-state index in [2.05, 4.69) is 5.32 Å². The van der Waals surface area contributed by atoms with E-state index in [-0.39, 0.29) is 5.56 Å². The van der Waals surface area contributed by atoms with Crippen LogP contribution in [0.2, 0.25) is 0 Å². The van der Waals surface area contributed by atoms with Crippen LogP contribution < -0.4 is 5.32 Å². The Bertz CT molecular complexity index is 744. The molecule has 2 aromatic carbocycles. The summed E-state index contributed by atoms with van der Waals surface area (Å²) in [6, 6.07) is 10.9. The Labute approximate surface area is 114 Å². The first-order valence-electron chi connectivity index (χ1n) is 5.51. The zero-order valence-electron chi connectivity index (χ0n) is 10.1. The van der Waals surface area contributed by atoms with Crippen LogP contribution in [0.15, 0.2) is 53.4 Å². The van der Waals surface area contributed by atoms with Crippen molar-refractivity contribution in [2.45, 2.75) is 4.90 Å². The van der Waals surface area contributed by atoms with Crippen LogP contribution in [0.25, 0.3) is 0 Å². The lowest BCUT2D eigenvalue weighted by molar-refractivity contribution is 0.102. The van der Waals surface area contributed by atoms with Crippen LogP contribution in [0.3, 0.4) is 0 Å². The normalized spacial score (nSPS) is 11.1. The highest BCUT2D eigenvalue weighted by Crippen LogP contribution is 2.18. The Morgan fingerprint density at radius 1 is 1.10 bits per heavy atom. The van der Waals surface area contributed by atoms with Gasteiger partial charge in [0.15, 0.2) is 0 Å². The summed E-state index contributed by atoms with van der Waals surface area (Å²) < 4.78 is 44.4. The summed E-state index contributed by atoms with van der Waals surface area (Å²) in [5, 5.41) is 2.45. The molecule has 0 aliphatic carbocycles. The van der Waals surface area contributed by atoms with E-state index >= 15 is 0 Å². The predicted molar refractivity (Wildman–Crippen MR) is 70.6 cm³/mol. The SMILES string of the molecule is O=C(Nc1ccccc1)c1ccc(F)cc1S(=O)(=O)O. The molecule has 0 atom stereocenters. The van der Waals surface area contributed by atoms with Gasteiger partial charge in [-0.1, -0.05) is 18.2 Å². The molecule has 0 unspecified atom stereocenters. The number of anilines is 1. The van der Waals surface area contributed by atoms with E-state index in [1.165, 1.54) is 0 Å². The second-order valence-electron chi connectivity index (χ2n) is 3.94. The van der Waals surface area contributed by atoms with Crippen LogP contribution in [0.1, 0.15) is 10.4 Å². The molecule has 0 radical (unpaired) electrons. The van der Waals surface area contributed by atoms with Crippen LogP contribution in [0.5, 0.6) is 0 Å². The van der Waals surface area contributed by atoms with Gasteiger partial charge < -0.3 is 5.32 Å². The minimum Gasteiger partial charge on any atom is -0.322 e. The summed E-state index contributed by atoms with van der Waals surface area (Å²) in [4.78, 5) is 11.2. The molecule has 0 heterocycles. The summed E-state index contributed by atoms with van der Waals surface area (Å²) in [6.07, 6.45) is 0. The van der Waals surface area contributed by atoms with Gasteiger partial charge in [0, 0.05) is 5.69 Å². The lowest BCUT2D eigenvalue weighted by atomic mass is 10.2. The third-order valence-corrected chi connectivity index (χ3v) is 3.39. The Kier molecular flexibility index (Phi) is 3.82. The molecule has 0 aromatic heterocycles. The first-order valence-corrected chi connectivity index (χ1v) is 6.95. The summed E-state index contributed by atoms with van der Waals surface area (Å²) >= 11 is 0. The molecule has 0 saturated heterocycles. The zero-order chi connectivity index (χ0) is 14.8. The molecule has 2 rings (SSSR count). The maximum absolute atomic E-state index is 13.1. The van der Waals surface area contributed by atoms with Gasteiger partial charge in [-0.2, -0.15) is 8.42 Å². The van der Waals surface area contributed by atoms with E-state index < -0.39 is 26.7 Å². The van der Waals surface area contributed by atoms with E-state index in [4.69, 9.17) is 4.55 Å². The minimum absolute atomic E-state index is 0.335. The van der Waals surface area contributed by atoms with E-state index in [1.54, 1.807) is 30.3 Å². The number of hydrogen-bond donors (Lipinski definition) is 2. The van der Waals surface area contributed by atoms with E-state index in [9.17, 15) is 17.6 Å². The molecule has 2 aromatic rings. The fourth-order valence-corrected chi connectivity index (χ4v) is 2.32. The van der Waals surface area contributed by atoms with E-state index in [0.29, 0.717) is 11.8 Å². The van der Waals surface area contributed by atoms with Gasteiger partial charge in [0.25, 0.3) is 16.0 Å². The molecule has 104 valence electrons. The average Bonchev–Trinajstić information content (AvgIpc) is 2.38.